The Morgan fingerprint density at radius 2 is 2.21 bits per heavy atom. The van der Waals surface area contributed by atoms with E-state index in [0.717, 1.165) is 37.7 Å². The van der Waals surface area contributed by atoms with Gasteiger partial charge in [-0.25, -0.2) is 4.79 Å². The molecule has 4 nitrogen and oxygen atoms in total. The Morgan fingerprint density at radius 1 is 1.46 bits per heavy atom. The summed E-state index contributed by atoms with van der Waals surface area (Å²) in [6.45, 7) is 10.1. The van der Waals surface area contributed by atoms with E-state index < -0.39 is 0 Å². The van der Waals surface area contributed by atoms with Crippen molar-refractivity contribution in [1.29, 1.82) is 0 Å². The Kier molecular flexibility index (Phi) is 6.41. The van der Waals surface area contributed by atoms with Crippen LogP contribution in [-0.2, 0) is 19.1 Å². The van der Waals surface area contributed by atoms with Crippen molar-refractivity contribution in [3.8, 4) is 0 Å². The molecule has 24 heavy (non-hydrogen) atoms. The highest BCUT2D eigenvalue weighted by Gasteiger charge is 2.37. The van der Waals surface area contributed by atoms with E-state index >= 15 is 0 Å². The van der Waals surface area contributed by atoms with Crippen LogP contribution >= 0.6 is 0 Å². The van der Waals surface area contributed by atoms with Crippen LogP contribution in [0.25, 0.3) is 0 Å². The average Bonchev–Trinajstić information content (AvgIpc) is 2.83. The number of ether oxygens (including phenoxy) is 2. The fourth-order valence-electron chi connectivity index (χ4n) is 3.02. The molecule has 0 amide bonds. The van der Waals surface area contributed by atoms with Crippen molar-refractivity contribution in [2.24, 2.45) is 11.8 Å². The fraction of sp³-hybridized carbons (Fsp3) is 0.600. The highest BCUT2D eigenvalue weighted by molar-refractivity contribution is 5.91. The minimum atomic E-state index is -0.307. The van der Waals surface area contributed by atoms with Gasteiger partial charge in [0.2, 0.25) is 0 Å². The Balaban J connectivity index is 2.13. The van der Waals surface area contributed by atoms with Gasteiger partial charge in [0.1, 0.15) is 12.7 Å². The third-order valence-electron chi connectivity index (χ3n) is 4.97. The van der Waals surface area contributed by atoms with E-state index in [1.165, 1.54) is 5.57 Å². The van der Waals surface area contributed by atoms with E-state index in [4.69, 9.17) is 9.47 Å². The van der Waals surface area contributed by atoms with Crippen molar-refractivity contribution in [2.75, 3.05) is 6.61 Å². The first kappa shape index (κ1) is 18.5. The second-order valence-electron chi connectivity index (χ2n) is 6.87. The molecule has 0 bridgehead atoms. The van der Waals surface area contributed by atoms with Gasteiger partial charge in [0, 0.05) is 11.5 Å². The summed E-state index contributed by atoms with van der Waals surface area (Å²) < 4.78 is 10.9. The van der Waals surface area contributed by atoms with E-state index in [2.05, 4.69) is 19.6 Å². The van der Waals surface area contributed by atoms with Crippen molar-refractivity contribution in [2.45, 2.75) is 59.0 Å². The molecule has 0 aromatic heterocycles. The van der Waals surface area contributed by atoms with Crippen LogP contribution in [0.5, 0.6) is 0 Å². The first-order valence-corrected chi connectivity index (χ1v) is 8.84. The second-order valence-corrected chi connectivity index (χ2v) is 6.87. The molecule has 0 aromatic carbocycles. The van der Waals surface area contributed by atoms with Gasteiger partial charge in [-0.3, -0.25) is 4.79 Å². The molecular formula is C20H28O4. The molecule has 1 aliphatic heterocycles. The lowest BCUT2D eigenvalue weighted by atomic mass is 9.88. The number of hydrogen-bond acceptors (Lipinski definition) is 4. The van der Waals surface area contributed by atoms with Crippen molar-refractivity contribution in [3.63, 3.8) is 0 Å². The molecule has 1 saturated heterocycles. The van der Waals surface area contributed by atoms with Gasteiger partial charge < -0.3 is 9.47 Å². The number of carbonyl (C=O) groups excluding carboxylic acids is 2. The van der Waals surface area contributed by atoms with Gasteiger partial charge in [0.25, 0.3) is 0 Å². The van der Waals surface area contributed by atoms with E-state index in [9.17, 15) is 9.59 Å². The summed E-state index contributed by atoms with van der Waals surface area (Å²) in [7, 11) is 0. The molecule has 1 aliphatic carbocycles. The zero-order chi connectivity index (χ0) is 17.7. The number of esters is 2. The molecule has 1 fully saturated rings. The van der Waals surface area contributed by atoms with Gasteiger partial charge in [0.15, 0.2) is 0 Å². The quantitative estimate of drug-likeness (QED) is 0.441. The minimum absolute atomic E-state index is 0.0132. The predicted octanol–water partition coefficient (Wildman–Crippen LogP) is 4.12. The van der Waals surface area contributed by atoms with Crippen LogP contribution in [0.3, 0.4) is 0 Å². The summed E-state index contributed by atoms with van der Waals surface area (Å²) in [6, 6.07) is 0. The molecular weight excluding hydrogens is 304 g/mol. The van der Waals surface area contributed by atoms with Gasteiger partial charge in [-0.1, -0.05) is 32.1 Å². The Morgan fingerprint density at radius 3 is 2.92 bits per heavy atom. The van der Waals surface area contributed by atoms with Gasteiger partial charge >= 0.3 is 11.9 Å². The SMILES string of the molecule is C=C1C(=O)O[C@@H]2/C=C(/COC(=O)[C@@H](C)CC)CC/C=C(/C)CC[C@@H]12. The van der Waals surface area contributed by atoms with E-state index in [-0.39, 0.29) is 36.5 Å². The summed E-state index contributed by atoms with van der Waals surface area (Å²) in [5.41, 5.74) is 2.88. The Hall–Kier alpha value is -1.84. The molecule has 3 atom stereocenters. The molecule has 4 heteroatoms. The Labute approximate surface area is 144 Å². The topological polar surface area (TPSA) is 52.6 Å². The van der Waals surface area contributed by atoms with Crippen LogP contribution < -0.4 is 0 Å². The number of rotatable bonds is 4. The minimum Gasteiger partial charge on any atom is -0.461 e. The summed E-state index contributed by atoms with van der Waals surface area (Å²) in [4.78, 5) is 23.8. The van der Waals surface area contributed by atoms with Crippen molar-refractivity contribution >= 4 is 11.9 Å². The molecule has 0 aromatic rings. The van der Waals surface area contributed by atoms with E-state index in [1.807, 2.05) is 19.9 Å². The number of allylic oxidation sites excluding steroid dienone is 2. The number of carbonyl (C=O) groups is 2. The summed E-state index contributed by atoms with van der Waals surface area (Å²) in [5, 5.41) is 0. The van der Waals surface area contributed by atoms with Crippen molar-refractivity contribution in [1.82, 2.24) is 0 Å². The second kappa shape index (κ2) is 8.32. The summed E-state index contributed by atoms with van der Waals surface area (Å²) >= 11 is 0. The van der Waals surface area contributed by atoms with Gasteiger partial charge in [-0.05, 0) is 50.7 Å². The molecule has 0 saturated carbocycles. The maximum atomic E-state index is 11.9. The largest absolute Gasteiger partial charge is 0.461 e. The monoisotopic (exact) mass is 332 g/mol. The molecule has 0 radical (unpaired) electrons. The first-order valence-electron chi connectivity index (χ1n) is 8.84. The average molecular weight is 332 g/mol. The first-order chi connectivity index (χ1) is 11.4. The normalized spacial score (nSPS) is 30.3. The third-order valence-corrected chi connectivity index (χ3v) is 4.97. The van der Waals surface area contributed by atoms with Crippen molar-refractivity contribution < 1.29 is 19.1 Å². The van der Waals surface area contributed by atoms with Crippen LogP contribution in [0.4, 0.5) is 0 Å². The van der Waals surface area contributed by atoms with Gasteiger partial charge in [-0.2, -0.15) is 0 Å². The predicted molar refractivity (Wildman–Crippen MR) is 93.2 cm³/mol. The zero-order valence-electron chi connectivity index (χ0n) is 15.0. The third kappa shape index (κ3) is 4.59. The van der Waals surface area contributed by atoms with Crippen LogP contribution in [-0.4, -0.2) is 24.6 Å². The van der Waals surface area contributed by atoms with E-state index in [1.54, 1.807) is 0 Å². The maximum absolute atomic E-state index is 11.9. The molecule has 132 valence electrons. The highest BCUT2D eigenvalue weighted by Crippen LogP contribution is 2.34. The number of hydrogen-bond donors (Lipinski definition) is 0. The molecule has 0 spiro atoms. The standard InChI is InChI=1S/C20H28O4/c1-5-14(3)19(21)23-12-16-8-6-7-13(2)9-10-17-15(4)20(22)24-18(17)11-16/h7,11,14,17-18H,4-6,8-10,12H2,1-3H3/b13-7-,16-11+/t14-,17-,18+/m0/s1. The lowest BCUT2D eigenvalue weighted by molar-refractivity contribution is -0.147. The van der Waals surface area contributed by atoms with Crippen LogP contribution in [0.1, 0.15) is 52.9 Å². The number of fused-ring (bicyclic) bond motifs is 1. The van der Waals surface area contributed by atoms with Gasteiger partial charge in [0.05, 0.1) is 5.92 Å². The summed E-state index contributed by atoms with van der Waals surface area (Å²) in [6.07, 6.45) is 8.19. The molecule has 2 aliphatic rings. The zero-order valence-corrected chi connectivity index (χ0v) is 15.0. The molecule has 0 unspecified atom stereocenters. The van der Waals surface area contributed by atoms with Crippen LogP contribution in [0.15, 0.2) is 35.5 Å². The van der Waals surface area contributed by atoms with E-state index in [0.29, 0.717) is 5.57 Å². The Bertz CT molecular complexity index is 570. The van der Waals surface area contributed by atoms with Gasteiger partial charge in [-0.15, -0.1) is 0 Å². The molecule has 0 N–H and O–H groups in total. The lowest BCUT2D eigenvalue weighted by Gasteiger charge is -2.19. The summed E-state index contributed by atoms with van der Waals surface area (Å²) in [5.74, 6) is -0.562. The maximum Gasteiger partial charge on any atom is 0.334 e. The highest BCUT2D eigenvalue weighted by atomic mass is 16.6. The van der Waals surface area contributed by atoms with Crippen LogP contribution in [0.2, 0.25) is 0 Å². The lowest BCUT2D eigenvalue weighted by Crippen LogP contribution is -2.19. The smallest absolute Gasteiger partial charge is 0.334 e. The van der Waals surface area contributed by atoms with Crippen LogP contribution in [0, 0.1) is 11.8 Å². The molecule has 1 heterocycles. The van der Waals surface area contributed by atoms with Crippen molar-refractivity contribution in [3.05, 3.63) is 35.5 Å². The molecule has 2 rings (SSSR count). The fourth-order valence-corrected chi connectivity index (χ4v) is 3.02.